The van der Waals surface area contributed by atoms with Crippen LogP contribution in [0, 0.1) is 0 Å². The van der Waals surface area contributed by atoms with Gasteiger partial charge in [-0.25, -0.2) is 0 Å². The fourth-order valence-corrected chi connectivity index (χ4v) is 1.51. The molecule has 2 rings (SSSR count). The van der Waals surface area contributed by atoms with Crippen molar-refractivity contribution in [3.8, 4) is 0 Å². The van der Waals surface area contributed by atoms with E-state index in [1.54, 1.807) is 0 Å². The molecule has 3 nitrogen and oxygen atoms in total. The lowest BCUT2D eigenvalue weighted by Gasteiger charge is -2.33. The zero-order chi connectivity index (χ0) is 10.8. The predicted molar refractivity (Wildman–Crippen MR) is 63.8 cm³/mol. The molecule has 0 spiro atoms. The Morgan fingerprint density at radius 1 is 1.07 bits per heavy atom. The molecule has 3 heteroatoms. The minimum atomic E-state index is 1.01. The summed E-state index contributed by atoms with van der Waals surface area (Å²) in [6.45, 7) is 12.5. The molecule has 2 heterocycles. The normalized spacial score (nSPS) is 18.6. The van der Waals surface area contributed by atoms with Crippen molar-refractivity contribution in [1.29, 1.82) is 0 Å². The minimum absolute atomic E-state index is 1.01. The van der Waals surface area contributed by atoms with Crippen molar-refractivity contribution in [3.63, 3.8) is 0 Å². The molecule has 1 N–H and O–H groups in total. The molecule has 1 saturated heterocycles. The van der Waals surface area contributed by atoms with Crippen LogP contribution in [0.25, 0.3) is 0 Å². The van der Waals surface area contributed by atoms with E-state index >= 15 is 0 Å². The minimum Gasteiger partial charge on any atom is -0.356 e. The molecule has 0 saturated carbocycles. The maximum atomic E-state index is 4.38. The molecule has 0 amide bonds. The quantitative estimate of drug-likeness (QED) is 0.647. The van der Waals surface area contributed by atoms with Gasteiger partial charge in [0.1, 0.15) is 0 Å². The van der Waals surface area contributed by atoms with Gasteiger partial charge in [-0.1, -0.05) is 27.7 Å². The molecule has 0 aromatic carbocycles. The molecule has 0 atom stereocenters. The molecule has 84 valence electrons. The Labute approximate surface area is 88.6 Å². The first kappa shape index (κ1) is 13.3. The van der Waals surface area contributed by atoms with E-state index in [2.05, 4.69) is 15.2 Å². The number of hydrogen-bond acceptors (Lipinski definition) is 3. The van der Waals surface area contributed by atoms with Crippen molar-refractivity contribution in [2.75, 3.05) is 26.2 Å². The van der Waals surface area contributed by atoms with Crippen LogP contribution in [0.1, 0.15) is 40.5 Å². The standard InChI is InChI=1S/C7H13N3.2C2H6/c1-3-8-7-9-4-2-6-10(7)5-1;2*1-2/h1-6H2,(H,8,9);2*1-2H3. The maximum absolute atomic E-state index is 4.38. The third-order valence-corrected chi connectivity index (χ3v) is 2.04. The van der Waals surface area contributed by atoms with Gasteiger partial charge in [-0.3, -0.25) is 4.99 Å². The van der Waals surface area contributed by atoms with Gasteiger partial charge in [0.2, 0.25) is 0 Å². The second kappa shape index (κ2) is 8.85. The van der Waals surface area contributed by atoms with Crippen LogP contribution >= 0.6 is 0 Å². The highest BCUT2D eigenvalue weighted by Crippen LogP contribution is 2.05. The monoisotopic (exact) mass is 199 g/mol. The third kappa shape index (κ3) is 3.99. The fourth-order valence-electron chi connectivity index (χ4n) is 1.51. The highest BCUT2D eigenvalue weighted by molar-refractivity contribution is 5.81. The van der Waals surface area contributed by atoms with Crippen LogP contribution in [0.15, 0.2) is 4.99 Å². The van der Waals surface area contributed by atoms with E-state index in [1.165, 1.54) is 25.9 Å². The van der Waals surface area contributed by atoms with Crippen molar-refractivity contribution in [2.45, 2.75) is 40.5 Å². The summed E-state index contributed by atoms with van der Waals surface area (Å²) in [5.74, 6) is 1.14. The van der Waals surface area contributed by atoms with Crippen LogP contribution in [0.3, 0.4) is 0 Å². The Kier molecular flexibility index (Phi) is 8.39. The van der Waals surface area contributed by atoms with E-state index in [4.69, 9.17) is 0 Å². The summed E-state index contributed by atoms with van der Waals surface area (Å²) in [5, 5.41) is 3.30. The van der Waals surface area contributed by atoms with Gasteiger partial charge in [-0.05, 0) is 12.8 Å². The van der Waals surface area contributed by atoms with Crippen LogP contribution in [0.2, 0.25) is 0 Å². The molecule has 0 bridgehead atoms. The lowest BCUT2D eigenvalue weighted by molar-refractivity contribution is 0.346. The molecule has 1 fully saturated rings. The summed E-state index contributed by atoms with van der Waals surface area (Å²) in [6.07, 6.45) is 2.49. The summed E-state index contributed by atoms with van der Waals surface area (Å²) in [6, 6.07) is 0. The van der Waals surface area contributed by atoms with Crippen LogP contribution in [-0.4, -0.2) is 37.0 Å². The molecule has 2 aliphatic rings. The average molecular weight is 199 g/mol. The van der Waals surface area contributed by atoms with Crippen LogP contribution in [0.5, 0.6) is 0 Å². The zero-order valence-corrected chi connectivity index (χ0v) is 10.1. The lowest BCUT2D eigenvalue weighted by Crippen LogP contribution is -2.49. The highest BCUT2D eigenvalue weighted by Gasteiger charge is 2.17. The molecule has 0 unspecified atom stereocenters. The summed E-state index contributed by atoms with van der Waals surface area (Å²) in [7, 11) is 0. The number of fused-ring (bicyclic) bond motifs is 1. The second-order valence-corrected chi connectivity index (χ2v) is 2.83. The third-order valence-electron chi connectivity index (χ3n) is 2.04. The molecule has 0 radical (unpaired) electrons. The van der Waals surface area contributed by atoms with E-state index in [9.17, 15) is 0 Å². The van der Waals surface area contributed by atoms with Gasteiger partial charge in [0.15, 0.2) is 5.96 Å². The zero-order valence-electron chi connectivity index (χ0n) is 10.1. The van der Waals surface area contributed by atoms with E-state index in [0.717, 1.165) is 19.0 Å². The number of guanidine groups is 1. The van der Waals surface area contributed by atoms with Crippen LogP contribution < -0.4 is 5.32 Å². The number of aliphatic imine (C=N–C) groups is 1. The second-order valence-electron chi connectivity index (χ2n) is 2.83. The molecular weight excluding hydrogens is 174 g/mol. The lowest BCUT2D eigenvalue weighted by atomic mass is 10.2. The van der Waals surface area contributed by atoms with Gasteiger partial charge < -0.3 is 10.2 Å². The molecule has 0 aromatic rings. The van der Waals surface area contributed by atoms with Gasteiger partial charge in [0, 0.05) is 26.2 Å². The van der Waals surface area contributed by atoms with Crippen molar-refractivity contribution in [2.24, 2.45) is 4.99 Å². The van der Waals surface area contributed by atoms with Crippen LogP contribution in [0.4, 0.5) is 0 Å². The highest BCUT2D eigenvalue weighted by atomic mass is 15.3. The van der Waals surface area contributed by atoms with Gasteiger partial charge >= 0.3 is 0 Å². The summed E-state index contributed by atoms with van der Waals surface area (Å²) in [4.78, 5) is 6.72. The van der Waals surface area contributed by atoms with E-state index < -0.39 is 0 Å². The predicted octanol–water partition coefficient (Wildman–Crippen LogP) is 2.09. The molecule has 14 heavy (non-hydrogen) atoms. The molecular formula is C11H25N3. The van der Waals surface area contributed by atoms with Crippen molar-refractivity contribution >= 4 is 5.96 Å². The molecule has 2 aliphatic heterocycles. The topological polar surface area (TPSA) is 27.6 Å². The fraction of sp³-hybridized carbons (Fsp3) is 0.909. The number of rotatable bonds is 0. The summed E-state index contributed by atoms with van der Waals surface area (Å²) in [5.41, 5.74) is 0. The largest absolute Gasteiger partial charge is 0.356 e. The van der Waals surface area contributed by atoms with Gasteiger partial charge in [-0.2, -0.15) is 0 Å². The first-order valence-electron chi connectivity index (χ1n) is 6.00. The Hall–Kier alpha value is -0.730. The first-order valence-corrected chi connectivity index (χ1v) is 6.00. The van der Waals surface area contributed by atoms with Gasteiger partial charge in [0.05, 0.1) is 0 Å². The molecule has 0 aliphatic carbocycles. The Bertz CT molecular complexity index is 155. The Morgan fingerprint density at radius 2 is 1.71 bits per heavy atom. The Morgan fingerprint density at radius 3 is 2.36 bits per heavy atom. The number of nitrogens with zero attached hydrogens (tertiary/aromatic N) is 2. The summed E-state index contributed by atoms with van der Waals surface area (Å²) >= 11 is 0. The van der Waals surface area contributed by atoms with E-state index in [-0.39, 0.29) is 0 Å². The van der Waals surface area contributed by atoms with Crippen LogP contribution in [-0.2, 0) is 0 Å². The van der Waals surface area contributed by atoms with E-state index in [1.807, 2.05) is 27.7 Å². The van der Waals surface area contributed by atoms with Crippen molar-refractivity contribution in [1.82, 2.24) is 10.2 Å². The van der Waals surface area contributed by atoms with Crippen molar-refractivity contribution in [3.05, 3.63) is 0 Å². The molecule has 0 aromatic heterocycles. The van der Waals surface area contributed by atoms with E-state index in [0.29, 0.717) is 0 Å². The smallest absolute Gasteiger partial charge is 0.193 e. The van der Waals surface area contributed by atoms with Crippen molar-refractivity contribution < 1.29 is 0 Å². The van der Waals surface area contributed by atoms with Gasteiger partial charge in [0.25, 0.3) is 0 Å². The summed E-state index contributed by atoms with van der Waals surface area (Å²) < 4.78 is 0. The first-order chi connectivity index (χ1) is 6.97. The maximum Gasteiger partial charge on any atom is 0.193 e. The Balaban J connectivity index is 0.000000379. The van der Waals surface area contributed by atoms with Gasteiger partial charge in [-0.15, -0.1) is 0 Å². The SMILES string of the molecule is C1CN=C2NCCCN2C1.CC.CC. The average Bonchev–Trinajstić information content (AvgIpc) is 2.34. The number of hydrogen-bond donors (Lipinski definition) is 1. The number of nitrogens with one attached hydrogen (secondary N) is 1.